The lowest BCUT2D eigenvalue weighted by molar-refractivity contribution is -0.385. The Morgan fingerprint density at radius 2 is 1.83 bits per heavy atom. The second kappa shape index (κ2) is 5.32. The van der Waals surface area contributed by atoms with Gasteiger partial charge in [0.15, 0.2) is 15.1 Å². The molecular weight excluding hydrogens is 322 g/mol. The van der Waals surface area contributed by atoms with Crippen molar-refractivity contribution in [1.29, 1.82) is 0 Å². The number of nitro benzene ring substituents is 1. The summed E-state index contributed by atoms with van der Waals surface area (Å²) in [5, 5.41) is 19.7. The van der Waals surface area contributed by atoms with Gasteiger partial charge < -0.3 is 9.84 Å². The first kappa shape index (κ1) is 15.4. The lowest BCUT2D eigenvalue weighted by Crippen LogP contribution is -2.25. The number of aliphatic hydroxyl groups is 1. The van der Waals surface area contributed by atoms with E-state index in [1.165, 1.54) is 30.3 Å². The standard InChI is InChI=1S/C15H13NO6S/c1-9-5-7-10(8-6-9)23(20,21)14-13-11(16(18)19)3-2-4-12(13)22-15(14)17/h2-8,14-15,17H,1H3/t14-,15-/m1/s1. The molecule has 0 aliphatic carbocycles. The Bertz CT molecular complexity index is 875. The van der Waals surface area contributed by atoms with Crippen LogP contribution in [0.2, 0.25) is 0 Å². The van der Waals surface area contributed by atoms with Crippen molar-refractivity contribution in [2.45, 2.75) is 23.4 Å². The molecule has 3 rings (SSSR count). The van der Waals surface area contributed by atoms with Gasteiger partial charge in [0, 0.05) is 6.07 Å². The Morgan fingerprint density at radius 3 is 2.43 bits per heavy atom. The van der Waals surface area contributed by atoms with E-state index in [1.807, 2.05) is 6.92 Å². The Morgan fingerprint density at radius 1 is 1.17 bits per heavy atom. The molecule has 1 heterocycles. The monoisotopic (exact) mass is 335 g/mol. The zero-order valence-electron chi connectivity index (χ0n) is 12.0. The summed E-state index contributed by atoms with van der Waals surface area (Å²) in [6.45, 7) is 1.81. The molecule has 0 spiro atoms. The average molecular weight is 335 g/mol. The van der Waals surface area contributed by atoms with E-state index in [-0.39, 0.29) is 21.9 Å². The maximum Gasteiger partial charge on any atom is 0.277 e. The van der Waals surface area contributed by atoms with E-state index < -0.39 is 26.3 Å². The Balaban J connectivity index is 2.19. The van der Waals surface area contributed by atoms with Crippen LogP contribution in [0.25, 0.3) is 0 Å². The molecule has 0 unspecified atom stereocenters. The van der Waals surface area contributed by atoms with E-state index in [4.69, 9.17) is 4.74 Å². The SMILES string of the molecule is Cc1ccc(S(=O)(=O)[C@@H]2c3c(cccc3[N+](=O)[O-])O[C@H]2O)cc1. The number of hydrogen-bond acceptors (Lipinski definition) is 6. The van der Waals surface area contributed by atoms with Gasteiger partial charge in [-0.1, -0.05) is 23.8 Å². The molecule has 1 aliphatic heterocycles. The molecule has 120 valence electrons. The number of fused-ring (bicyclic) bond motifs is 1. The molecule has 0 amide bonds. The first-order valence-corrected chi connectivity index (χ1v) is 8.29. The van der Waals surface area contributed by atoms with Crippen LogP contribution in [0.15, 0.2) is 47.4 Å². The van der Waals surface area contributed by atoms with Crippen molar-refractivity contribution in [1.82, 2.24) is 0 Å². The number of nitro groups is 1. The lowest BCUT2D eigenvalue weighted by Gasteiger charge is -2.15. The average Bonchev–Trinajstić information content (AvgIpc) is 2.83. The van der Waals surface area contributed by atoms with Crippen LogP contribution >= 0.6 is 0 Å². The molecule has 0 saturated heterocycles. The van der Waals surface area contributed by atoms with E-state index in [1.54, 1.807) is 12.1 Å². The van der Waals surface area contributed by atoms with Crippen molar-refractivity contribution in [2.75, 3.05) is 0 Å². The molecule has 0 bridgehead atoms. The number of rotatable bonds is 3. The highest BCUT2D eigenvalue weighted by Gasteiger charge is 2.47. The highest BCUT2D eigenvalue weighted by molar-refractivity contribution is 7.91. The number of aryl methyl sites for hydroxylation is 1. The summed E-state index contributed by atoms with van der Waals surface area (Å²) in [7, 11) is -4.05. The van der Waals surface area contributed by atoms with Crippen molar-refractivity contribution in [3.05, 3.63) is 63.7 Å². The summed E-state index contributed by atoms with van der Waals surface area (Å²) in [4.78, 5) is 10.5. The third-order valence-electron chi connectivity index (χ3n) is 3.71. The molecule has 23 heavy (non-hydrogen) atoms. The lowest BCUT2D eigenvalue weighted by atomic mass is 10.1. The third-order valence-corrected chi connectivity index (χ3v) is 5.78. The minimum Gasteiger partial charge on any atom is -0.463 e. The Labute approximate surface area is 132 Å². The molecule has 0 radical (unpaired) electrons. The fourth-order valence-electron chi connectivity index (χ4n) is 2.60. The molecule has 2 aromatic carbocycles. The van der Waals surface area contributed by atoms with Crippen LogP contribution in [0.5, 0.6) is 5.75 Å². The van der Waals surface area contributed by atoms with E-state index in [0.29, 0.717) is 0 Å². The van der Waals surface area contributed by atoms with Crippen molar-refractivity contribution >= 4 is 15.5 Å². The largest absolute Gasteiger partial charge is 0.463 e. The summed E-state index contributed by atoms with van der Waals surface area (Å²) < 4.78 is 30.8. The molecule has 0 aromatic heterocycles. The number of ether oxygens (including phenoxy) is 1. The van der Waals surface area contributed by atoms with E-state index >= 15 is 0 Å². The summed E-state index contributed by atoms with van der Waals surface area (Å²) in [5.41, 5.74) is 0.365. The summed E-state index contributed by atoms with van der Waals surface area (Å²) in [6, 6.07) is 10.0. The van der Waals surface area contributed by atoms with Gasteiger partial charge in [-0.05, 0) is 25.1 Å². The number of sulfone groups is 1. The fraction of sp³-hybridized carbons (Fsp3) is 0.200. The first-order valence-electron chi connectivity index (χ1n) is 6.75. The van der Waals surface area contributed by atoms with Gasteiger partial charge in [0.25, 0.3) is 5.69 Å². The summed E-state index contributed by atoms with van der Waals surface area (Å²) >= 11 is 0. The number of aliphatic hydroxyl groups excluding tert-OH is 1. The second-order valence-corrected chi connectivity index (χ2v) is 7.30. The van der Waals surface area contributed by atoms with Crippen LogP contribution in [-0.4, -0.2) is 24.7 Å². The van der Waals surface area contributed by atoms with E-state index in [0.717, 1.165) is 5.56 Å². The van der Waals surface area contributed by atoms with E-state index in [9.17, 15) is 23.6 Å². The molecule has 8 heteroatoms. The molecule has 1 N–H and O–H groups in total. The normalized spacial score (nSPS) is 19.9. The molecule has 0 saturated carbocycles. The number of benzene rings is 2. The zero-order valence-corrected chi connectivity index (χ0v) is 12.9. The zero-order chi connectivity index (χ0) is 16.8. The quantitative estimate of drug-likeness (QED) is 0.680. The molecular formula is C15H13NO6S. The topological polar surface area (TPSA) is 107 Å². The molecule has 7 nitrogen and oxygen atoms in total. The molecule has 2 atom stereocenters. The first-order chi connectivity index (χ1) is 10.8. The van der Waals surface area contributed by atoms with Crippen LogP contribution in [0.4, 0.5) is 5.69 Å². The highest BCUT2D eigenvalue weighted by Crippen LogP contribution is 2.47. The van der Waals surface area contributed by atoms with Gasteiger partial charge >= 0.3 is 0 Å². The van der Waals surface area contributed by atoms with Gasteiger partial charge in [-0.2, -0.15) is 0 Å². The highest BCUT2D eigenvalue weighted by atomic mass is 32.2. The molecule has 1 aliphatic rings. The maximum atomic E-state index is 12.8. The Kier molecular flexibility index (Phi) is 3.57. The Hall–Kier alpha value is -2.45. The van der Waals surface area contributed by atoms with Crippen molar-refractivity contribution in [2.24, 2.45) is 0 Å². The third kappa shape index (κ3) is 2.45. The predicted octanol–water partition coefficient (Wildman–Crippen LogP) is 2.13. The number of hydrogen-bond donors (Lipinski definition) is 1. The van der Waals surface area contributed by atoms with Crippen LogP contribution in [-0.2, 0) is 9.84 Å². The van der Waals surface area contributed by atoms with Crippen molar-refractivity contribution in [3.63, 3.8) is 0 Å². The van der Waals surface area contributed by atoms with Gasteiger partial charge in [-0.25, -0.2) is 8.42 Å². The maximum absolute atomic E-state index is 12.8. The van der Waals surface area contributed by atoms with E-state index in [2.05, 4.69) is 0 Å². The van der Waals surface area contributed by atoms with Crippen molar-refractivity contribution in [3.8, 4) is 5.75 Å². The van der Waals surface area contributed by atoms with Crippen LogP contribution in [0, 0.1) is 17.0 Å². The van der Waals surface area contributed by atoms with Crippen molar-refractivity contribution < 1.29 is 23.2 Å². The molecule has 2 aromatic rings. The fourth-order valence-corrected chi connectivity index (χ4v) is 4.32. The second-order valence-electron chi connectivity index (χ2n) is 5.23. The van der Waals surface area contributed by atoms with Crippen LogP contribution in [0.1, 0.15) is 16.4 Å². The van der Waals surface area contributed by atoms with Gasteiger partial charge in [0.1, 0.15) is 5.75 Å². The molecule has 0 fully saturated rings. The van der Waals surface area contributed by atoms with Gasteiger partial charge in [-0.3, -0.25) is 10.1 Å². The number of nitrogens with zero attached hydrogens (tertiary/aromatic N) is 1. The smallest absolute Gasteiger partial charge is 0.277 e. The van der Waals surface area contributed by atoms with Gasteiger partial charge in [0.05, 0.1) is 15.4 Å². The summed E-state index contributed by atoms with van der Waals surface area (Å²) in [5.74, 6) is 0.00684. The van der Waals surface area contributed by atoms with Crippen LogP contribution < -0.4 is 4.74 Å². The van der Waals surface area contributed by atoms with Crippen LogP contribution in [0.3, 0.4) is 0 Å². The minimum absolute atomic E-state index is 0.00684. The predicted molar refractivity (Wildman–Crippen MR) is 80.8 cm³/mol. The van der Waals surface area contributed by atoms with Gasteiger partial charge in [-0.15, -0.1) is 0 Å². The minimum atomic E-state index is -4.05. The van der Waals surface area contributed by atoms with Gasteiger partial charge in [0.2, 0.25) is 6.29 Å². The summed E-state index contributed by atoms with van der Waals surface area (Å²) in [6.07, 6.45) is -1.70.